The van der Waals surface area contributed by atoms with E-state index in [-0.39, 0.29) is 18.4 Å². The lowest BCUT2D eigenvalue weighted by atomic mass is 9.98. The van der Waals surface area contributed by atoms with Gasteiger partial charge in [0.15, 0.2) is 0 Å². The Bertz CT molecular complexity index is 309. The highest BCUT2D eigenvalue weighted by atomic mass is 19.3. The molecule has 0 bridgehead atoms. The summed E-state index contributed by atoms with van der Waals surface area (Å²) < 4.78 is 24.4. The fourth-order valence-electron chi connectivity index (χ4n) is 2.35. The third kappa shape index (κ3) is 2.01. The van der Waals surface area contributed by atoms with E-state index in [0.29, 0.717) is 13.0 Å². The Labute approximate surface area is 92.2 Å². The van der Waals surface area contributed by atoms with Gasteiger partial charge in [0.2, 0.25) is 11.8 Å². The van der Waals surface area contributed by atoms with Crippen LogP contribution < -0.4 is 0 Å². The van der Waals surface area contributed by atoms with Crippen LogP contribution in [0, 0.1) is 0 Å². The van der Waals surface area contributed by atoms with E-state index < -0.39 is 19.0 Å². The van der Waals surface area contributed by atoms with Crippen molar-refractivity contribution in [3.05, 3.63) is 0 Å². The molecule has 0 saturated carbocycles. The molecule has 0 aromatic rings. The average molecular weight is 232 g/mol. The van der Waals surface area contributed by atoms with E-state index in [1.54, 1.807) is 0 Å². The lowest BCUT2D eigenvalue weighted by molar-refractivity contribution is -0.159. The molecule has 2 aliphatic rings. The summed E-state index contributed by atoms with van der Waals surface area (Å²) in [4.78, 5) is 26.0. The summed E-state index contributed by atoms with van der Waals surface area (Å²) in [5.41, 5.74) is 0. The first kappa shape index (κ1) is 11.3. The van der Waals surface area contributed by atoms with E-state index in [0.717, 1.165) is 17.7 Å². The van der Waals surface area contributed by atoms with Crippen LogP contribution in [0.4, 0.5) is 8.78 Å². The van der Waals surface area contributed by atoms with Crippen LogP contribution in [0.5, 0.6) is 0 Å². The second kappa shape index (κ2) is 4.35. The van der Waals surface area contributed by atoms with E-state index in [1.807, 2.05) is 0 Å². The highest BCUT2D eigenvalue weighted by molar-refractivity contribution is 5.95. The van der Waals surface area contributed by atoms with Gasteiger partial charge in [-0.2, -0.15) is 0 Å². The Morgan fingerprint density at radius 1 is 1.31 bits per heavy atom. The van der Waals surface area contributed by atoms with Gasteiger partial charge in [-0.15, -0.1) is 0 Å². The van der Waals surface area contributed by atoms with Crippen LogP contribution in [-0.2, 0) is 9.59 Å². The highest BCUT2D eigenvalue weighted by Gasteiger charge is 2.40. The Morgan fingerprint density at radius 2 is 2.06 bits per heavy atom. The second-order valence-corrected chi connectivity index (χ2v) is 4.21. The molecule has 2 heterocycles. The minimum absolute atomic E-state index is 0.195. The molecular formula is C10H14F2N2O2. The van der Waals surface area contributed by atoms with Gasteiger partial charge in [0, 0.05) is 6.54 Å². The van der Waals surface area contributed by atoms with Crippen molar-refractivity contribution >= 4 is 11.8 Å². The first-order valence-electron chi connectivity index (χ1n) is 5.46. The SMILES string of the molecule is O=C1C2CCCCN2C(=O)CN1CC(F)F. The molecule has 2 aliphatic heterocycles. The number of hydrogen-bond donors (Lipinski definition) is 0. The number of fused-ring (bicyclic) bond motifs is 1. The summed E-state index contributed by atoms with van der Waals surface area (Å²) in [5, 5.41) is 0. The van der Waals surface area contributed by atoms with Crippen LogP contribution >= 0.6 is 0 Å². The molecule has 2 rings (SSSR count). The molecule has 16 heavy (non-hydrogen) atoms. The molecular weight excluding hydrogens is 218 g/mol. The van der Waals surface area contributed by atoms with Gasteiger partial charge in [0.25, 0.3) is 6.43 Å². The minimum Gasteiger partial charge on any atom is -0.329 e. The molecule has 4 nitrogen and oxygen atoms in total. The molecule has 0 aromatic carbocycles. The van der Waals surface area contributed by atoms with Crippen molar-refractivity contribution in [1.82, 2.24) is 9.80 Å². The zero-order chi connectivity index (χ0) is 11.7. The summed E-state index contributed by atoms with van der Waals surface area (Å²) in [6.45, 7) is -0.244. The second-order valence-electron chi connectivity index (χ2n) is 4.21. The Balaban J connectivity index is 2.10. The number of halogens is 2. The van der Waals surface area contributed by atoms with Crippen molar-refractivity contribution in [3.8, 4) is 0 Å². The quantitative estimate of drug-likeness (QED) is 0.694. The molecule has 0 spiro atoms. The molecule has 2 fully saturated rings. The van der Waals surface area contributed by atoms with Crippen LogP contribution in [0.1, 0.15) is 19.3 Å². The van der Waals surface area contributed by atoms with Gasteiger partial charge in [0.1, 0.15) is 12.6 Å². The predicted octanol–water partition coefficient (Wildman–Crippen LogP) is 0.475. The van der Waals surface area contributed by atoms with Crippen molar-refractivity contribution in [1.29, 1.82) is 0 Å². The van der Waals surface area contributed by atoms with Crippen LogP contribution in [0.25, 0.3) is 0 Å². The highest BCUT2D eigenvalue weighted by Crippen LogP contribution is 2.23. The molecule has 0 radical (unpaired) electrons. The van der Waals surface area contributed by atoms with Crippen LogP contribution in [0.15, 0.2) is 0 Å². The molecule has 0 aliphatic carbocycles. The molecule has 90 valence electrons. The number of carbonyl (C=O) groups is 2. The predicted molar refractivity (Wildman–Crippen MR) is 51.9 cm³/mol. The first-order chi connectivity index (χ1) is 7.59. The monoisotopic (exact) mass is 232 g/mol. The van der Waals surface area contributed by atoms with Crippen molar-refractivity contribution in [2.24, 2.45) is 0 Å². The zero-order valence-electron chi connectivity index (χ0n) is 8.86. The molecule has 1 atom stereocenters. The zero-order valence-corrected chi connectivity index (χ0v) is 8.86. The lowest BCUT2D eigenvalue weighted by Gasteiger charge is -2.42. The first-order valence-corrected chi connectivity index (χ1v) is 5.46. The average Bonchev–Trinajstić information content (AvgIpc) is 2.25. The topological polar surface area (TPSA) is 40.6 Å². The summed E-state index contributed by atoms with van der Waals surface area (Å²) in [7, 11) is 0. The largest absolute Gasteiger partial charge is 0.329 e. The van der Waals surface area contributed by atoms with Gasteiger partial charge >= 0.3 is 0 Å². The fourth-order valence-corrected chi connectivity index (χ4v) is 2.35. The maximum Gasteiger partial charge on any atom is 0.255 e. The fraction of sp³-hybridized carbons (Fsp3) is 0.800. The van der Waals surface area contributed by atoms with Crippen LogP contribution in [-0.4, -0.2) is 53.7 Å². The van der Waals surface area contributed by atoms with E-state index in [1.165, 1.54) is 4.90 Å². The number of rotatable bonds is 2. The summed E-state index contributed by atoms with van der Waals surface area (Å²) in [6.07, 6.45) is -0.205. The molecule has 6 heteroatoms. The van der Waals surface area contributed by atoms with Crippen molar-refractivity contribution < 1.29 is 18.4 Å². The van der Waals surface area contributed by atoms with Gasteiger partial charge in [-0.05, 0) is 19.3 Å². The molecule has 1 unspecified atom stereocenters. The number of piperidine rings is 1. The number of amides is 2. The molecule has 0 aromatic heterocycles. The van der Waals surface area contributed by atoms with E-state index in [4.69, 9.17) is 0 Å². The van der Waals surface area contributed by atoms with Gasteiger partial charge in [0.05, 0.1) is 6.54 Å². The van der Waals surface area contributed by atoms with Crippen LogP contribution in [0.3, 0.4) is 0 Å². The Kier molecular flexibility index (Phi) is 3.07. The Morgan fingerprint density at radius 3 is 2.75 bits per heavy atom. The third-order valence-electron chi connectivity index (χ3n) is 3.10. The lowest BCUT2D eigenvalue weighted by Crippen LogP contribution is -2.61. The van der Waals surface area contributed by atoms with E-state index >= 15 is 0 Å². The summed E-state index contributed by atoms with van der Waals surface area (Å²) in [6, 6.07) is -0.492. The van der Waals surface area contributed by atoms with Gasteiger partial charge in [-0.3, -0.25) is 9.59 Å². The number of carbonyl (C=O) groups excluding carboxylic acids is 2. The minimum atomic E-state index is -2.58. The number of piperazine rings is 1. The van der Waals surface area contributed by atoms with Crippen molar-refractivity contribution in [3.63, 3.8) is 0 Å². The maximum absolute atomic E-state index is 12.2. The third-order valence-corrected chi connectivity index (χ3v) is 3.10. The number of alkyl halides is 2. The molecule has 0 N–H and O–H groups in total. The van der Waals surface area contributed by atoms with Crippen molar-refractivity contribution in [2.45, 2.75) is 31.7 Å². The van der Waals surface area contributed by atoms with Gasteiger partial charge in [-0.25, -0.2) is 8.78 Å². The molecule has 2 amide bonds. The number of nitrogens with zero attached hydrogens (tertiary/aromatic N) is 2. The molecule has 2 saturated heterocycles. The summed E-state index contributed by atoms with van der Waals surface area (Å²) in [5.74, 6) is -0.524. The van der Waals surface area contributed by atoms with Crippen molar-refractivity contribution in [2.75, 3.05) is 19.6 Å². The summed E-state index contributed by atoms with van der Waals surface area (Å²) >= 11 is 0. The smallest absolute Gasteiger partial charge is 0.255 e. The van der Waals surface area contributed by atoms with E-state index in [9.17, 15) is 18.4 Å². The maximum atomic E-state index is 12.2. The van der Waals surface area contributed by atoms with Gasteiger partial charge < -0.3 is 9.80 Å². The number of hydrogen-bond acceptors (Lipinski definition) is 2. The van der Waals surface area contributed by atoms with E-state index in [2.05, 4.69) is 0 Å². The Hall–Kier alpha value is -1.20. The van der Waals surface area contributed by atoms with Crippen LogP contribution in [0.2, 0.25) is 0 Å². The normalized spacial score (nSPS) is 26.3. The standard InChI is InChI=1S/C10H14F2N2O2/c11-8(12)5-13-6-9(15)14-4-2-1-3-7(14)10(13)16/h7-8H,1-6H2. The van der Waals surface area contributed by atoms with Gasteiger partial charge in [-0.1, -0.05) is 0 Å².